The van der Waals surface area contributed by atoms with Crippen molar-refractivity contribution >= 4 is 6.03 Å². The molecule has 4 nitrogen and oxygen atoms in total. The third-order valence-electron chi connectivity index (χ3n) is 2.33. The molecule has 1 heterocycles. The summed E-state index contributed by atoms with van der Waals surface area (Å²) in [5, 5.41) is 6.78. The molecule has 0 spiro atoms. The van der Waals surface area contributed by atoms with E-state index in [0.29, 0.717) is 0 Å². The van der Waals surface area contributed by atoms with Crippen LogP contribution in [0.2, 0.25) is 0 Å². The average molecular weight is 209 g/mol. The van der Waals surface area contributed by atoms with Crippen LogP contribution in [0.3, 0.4) is 0 Å². The van der Waals surface area contributed by atoms with Crippen molar-refractivity contribution < 1.29 is 4.79 Å². The topological polar surface area (TPSA) is 46.9 Å². The number of hydrogen-bond donors (Lipinski definition) is 1. The van der Waals surface area contributed by atoms with E-state index >= 15 is 0 Å². The average Bonchev–Trinajstić information content (AvgIpc) is 2.64. The number of nitrogens with zero attached hydrogens (tertiary/aromatic N) is 2. The molecule has 0 fully saturated rings. The molecule has 15 heavy (non-hydrogen) atoms. The highest BCUT2D eigenvalue weighted by Crippen LogP contribution is 1.98. The van der Waals surface area contributed by atoms with Gasteiger partial charge in [0, 0.05) is 18.4 Å². The fraction of sp³-hybridized carbons (Fsp3) is 0.636. The molecule has 0 saturated carbocycles. The molecule has 0 aromatic carbocycles. The number of hydrogen-bond acceptors (Lipinski definition) is 2. The number of unbranched alkanes of at least 4 members (excludes halogenated alkanes) is 3. The van der Waals surface area contributed by atoms with Crippen molar-refractivity contribution in [1.29, 1.82) is 0 Å². The Morgan fingerprint density at radius 1 is 1.47 bits per heavy atom. The Labute approximate surface area is 90.7 Å². The predicted octanol–water partition coefficient (Wildman–Crippen LogP) is 2.33. The van der Waals surface area contributed by atoms with Gasteiger partial charge in [0.15, 0.2) is 0 Å². The highest BCUT2D eigenvalue weighted by molar-refractivity contribution is 5.76. The molecule has 1 N–H and O–H groups in total. The van der Waals surface area contributed by atoms with Crippen molar-refractivity contribution in [1.82, 2.24) is 15.1 Å². The van der Waals surface area contributed by atoms with E-state index in [1.807, 2.05) is 13.0 Å². The van der Waals surface area contributed by atoms with Gasteiger partial charge in [0.05, 0.1) is 0 Å². The molecule has 0 aliphatic heterocycles. The molecule has 0 radical (unpaired) electrons. The number of nitrogens with one attached hydrogen (secondary N) is 1. The van der Waals surface area contributed by atoms with Gasteiger partial charge in [-0.05, 0) is 19.4 Å². The van der Waals surface area contributed by atoms with Crippen molar-refractivity contribution in [3.63, 3.8) is 0 Å². The first-order valence-electron chi connectivity index (χ1n) is 5.54. The molecule has 84 valence electrons. The van der Waals surface area contributed by atoms with E-state index in [0.717, 1.165) is 18.7 Å². The van der Waals surface area contributed by atoms with Crippen LogP contribution < -0.4 is 5.32 Å². The van der Waals surface area contributed by atoms with Gasteiger partial charge in [-0.15, -0.1) is 0 Å². The summed E-state index contributed by atoms with van der Waals surface area (Å²) >= 11 is 0. The van der Waals surface area contributed by atoms with Crippen molar-refractivity contribution in [2.24, 2.45) is 0 Å². The summed E-state index contributed by atoms with van der Waals surface area (Å²) in [5.41, 5.74) is 0.862. The lowest BCUT2D eigenvalue weighted by Gasteiger charge is -2.05. The third kappa shape index (κ3) is 3.73. The maximum atomic E-state index is 11.5. The standard InChI is InChI=1S/C11H19N3O/c1-3-4-5-6-8-12-11(15)14-10(2)7-9-13-14/h7,9H,3-6,8H2,1-2H3,(H,12,15). The highest BCUT2D eigenvalue weighted by atomic mass is 16.2. The van der Waals surface area contributed by atoms with E-state index in [-0.39, 0.29) is 6.03 Å². The summed E-state index contributed by atoms with van der Waals surface area (Å²) in [6.07, 6.45) is 6.30. The Morgan fingerprint density at radius 3 is 2.87 bits per heavy atom. The molecule has 0 atom stereocenters. The molecule has 1 aromatic heterocycles. The smallest absolute Gasteiger partial charge is 0.336 e. The largest absolute Gasteiger partial charge is 0.342 e. The molecule has 0 aliphatic carbocycles. The number of aromatic nitrogens is 2. The van der Waals surface area contributed by atoms with Crippen molar-refractivity contribution in [2.45, 2.75) is 39.5 Å². The first kappa shape index (κ1) is 11.8. The predicted molar refractivity (Wildman–Crippen MR) is 59.9 cm³/mol. The maximum absolute atomic E-state index is 11.5. The zero-order chi connectivity index (χ0) is 11.1. The van der Waals surface area contributed by atoms with Gasteiger partial charge in [-0.2, -0.15) is 9.78 Å². The van der Waals surface area contributed by atoms with Crippen LogP contribution in [-0.2, 0) is 0 Å². The Morgan fingerprint density at radius 2 is 2.27 bits per heavy atom. The first-order chi connectivity index (χ1) is 7.25. The van der Waals surface area contributed by atoms with Crippen molar-refractivity contribution in [3.05, 3.63) is 18.0 Å². The second-order valence-electron chi connectivity index (χ2n) is 3.68. The van der Waals surface area contributed by atoms with Gasteiger partial charge in [0.2, 0.25) is 0 Å². The maximum Gasteiger partial charge on any atom is 0.342 e. The van der Waals surface area contributed by atoms with Crippen LogP contribution in [0, 0.1) is 6.92 Å². The number of aryl methyl sites for hydroxylation is 1. The van der Waals surface area contributed by atoms with Gasteiger partial charge >= 0.3 is 6.03 Å². The van der Waals surface area contributed by atoms with Gasteiger partial charge in [-0.1, -0.05) is 26.2 Å². The lowest BCUT2D eigenvalue weighted by molar-refractivity contribution is 0.239. The monoisotopic (exact) mass is 209 g/mol. The molecular weight excluding hydrogens is 190 g/mol. The van der Waals surface area contributed by atoms with Crippen LogP contribution in [0.15, 0.2) is 12.3 Å². The summed E-state index contributed by atoms with van der Waals surface area (Å²) in [7, 11) is 0. The second-order valence-corrected chi connectivity index (χ2v) is 3.68. The van der Waals surface area contributed by atoms with Crippen LogP contribution in [-0.4, -0.2) is 22.4 Å². The minimum Gasteiger partial charge on any atom is -0.336 e. The van der Waals surface area contributed by atoms with Crippen molar-refractivity contribution in [3.8, 4) is 0 Å². The highest BCUT2D eigenvalue weighted by Gasteiger charge is 2.05. The number of amides is 1. The zero-order valence-electron chi connectivity index (χ0n) is 9.49. The van der Waals surface area contributed by atoms with Gasteiger partial charge in [0.1, 0.15) is 0 Å². The van der Waals surface area contributed by atoms with Crippen LogP contribution in [0.4, 0.5) is 4.79 Å². The quantitative estimate of drug-likeness (QED) is 0.756. The Hall–Kier alpha value is -1.32. The zero-order valence-corrected chi connectivity index (χ0v) is 9.49. The lowest BCUT2D eigenvalue weighted by Crippen LogP contribution is -2.30. The summed E-state index contributed by atoms with van der Waals surface area (Å²) in [6, 6.07) is 1.69. The number of carbonyl (C=O) groups is 1. The van der Waals surface area contributed by atoms with E-state index in [2.05, 4.69) is 17.3 Å². The normalized spacial score (nSPS) is 10.3. The number of rotatable bonds is 5. The van der Waals surface area contributed by atoms with Crippen LogP contribution in [0.1, 0.15) is 38.3 Å². The molecule has 4 heteroatoms. The molecule has 1 rings (SSSR count). The van der Waals surface area contributed by atoms with E-state index < -0.39 is 0 Å². The summed E-state index contributed by atoms with van der Waals surface area (Å²) < 4.78 is 1.39. The number of carbonyl (C=O) groups excluding carboxylic acids is 1. The third-order valence-corrected chi connectivity index (χ3v) is 2.33. The van der Waals surface area contributed by atoms with Gasteiger partial charge in [-0.3, -0.25) is 0 Å². The minimum atomic E-state index is -0.131. The van der Waals surface area contributed by atoms with E-state index in [1.54, 1.807) is 6.20 Å². The van der Waals surface area contributed by atoms with Gasteiger partial charge in [-0.25, -0.2) is 4.79 Å². The fourth-order valence-corrected chi connectivity index (χ4v) is 1.40. The van der Waals surface area contributed by atoms with Gasteiger partial charge < -0.3 is 5.32 Å². The SMILES string of the molecule is CCCCCCNC(=O)n1nccc1C. The van der Waals surface area contributed by atoms with Crippen LogP contribution in [0.5, 0.6) is 0 Å². The summed E-state index contributed by atoms with van der Waals surface area (Å²) in [5.74, 6) is 0. The second kappa shape index (κ2) is 6.22. The minimum absolute atomic E-state index is 0.131. The Bertz CT molecular complexity index is 307. The molecule has 0 aliphatic rings. The lowest BCUT2D eigenvalue weighted by atomic mass is 10.2. The van der Waals surface area contributed by atoms with E-state index in [1.165, 1.54) is 23.9 Å². The molecule has 0 bridgehead atoms. The van der Waals surface area contributed by atoms with Gasteiger partial charge in [0.25, 0.3) is 0 Å². The fourth-order valence-electron chi connectivity index (χ4n) is 1.40. The van der Waals surface area contributed by atoms with E-state index in [9.17, 15) is 4.79 Å². The Kier molecular flexibility index (Phi) is 4.87. The molecule has 1 amide bonds. The summed E-state index contributed by atoms with van der Waals surface area (Å²) in [4.78, 5) is 11.5. The van der Waals surface area contributed by atoms with Crippen molar-refractivity contribution in [2.75, 3.05) is 6.54 Å². The van der Waals surface area contributed by atoms with Crippen LogP contribution >= 0.6 is 0 Å². The Balaban J connectivity index is 2.22. The molecule has 1 aromatic rings. The molecule has 0 saturated heterocycles. The summed E-state index contributed by atoms with van der Waals surface area (Å²) in [6.45, 7) is 4.77. The first-order valence-corrected chi connectivity index (χ1v) is 5.54. The van der Waals surface area contributed by atoms with E-state index in [4.69, 9.17) is 0 Å². The van der Waals surface area contributed by atoms with Crippen LogP contribution in [0.25, 0.3) is 0 Å². The molecule has 0 unspecified atom stereocenters. The molecular formula is C11H19N3O.